The summed E-state index contributed by atoms with van der Waals surface area (Å²) in [4.78, 5) is 0. The first kappa shape index (κ1) is 42.1. The van der Waals surface area contributed by atoms with Crippen LogP contribution in [0, 0.1) is 0 Å². The molecule has 0 saturated carbocycles. The standard InChI is InChI=1S/C22H46O.C16H34O/c1-2-3-4-5-6-7-8-9-10-11-12-13-14-15-16-17-18-19-20-21-22-23;1-2-3-4-5-6-7-8-9-10-11-12-13-14-15-16-17/h23H,2-22H2,1H3;17H,2-16H2,1H3. The van der Waals surface area contributed by atoms with Crippen molar-refractivity contribution in [2.24, 2.45) is 0 Å². The lowest BCUT2D eigenvalue weighted by molar-refractivity contribution is 0.282. The van der Waals surface area contributed by atoms with Crippen LogP contribution in [-0.2, 0) is 0 Å². The van der Waals surface area contributed by atoms with E-state index in [2.05, 4.69) is 13.8 Å². The van der Waals surface area contributed by atoms with Crippen molar-refractivity contribution in [1.82, 2.24) is 0 Å². The van der Waals surface area contributed by atoms with Crippen LogP contribution in [0.2, 0.25) is 0 Å². The van der Waals surface area contributed by atoms with E-state index in [1.807, 2.05) is 0 Å². The third kappa shape index (κ3) is 44.9. The van der Waals surface area contributed by atoms with Gasteiger partial charge < -0.3 is 10.2 Å². The van der Waals surface area contributed by atoms with Gasteiger partial charge in [0.2, 0.25) is 0 Å². The third-order valence-electron chi connectivity index (χ3n) is 8.52. The van der Waals surface area contributed by atoms with Crippen molar-refractivity contribution < 1.29 is 10.2 Å². The first-order chi connectivity index (χ1) is 19.8. The van der Waals surface area contributed by atoms with Crippen molar-refractivity contribution in [3.63, 3.8) is 0 Å². The van der Waals surface area contributed by atoms with Crippen LogP contribution in [0.4, 0.5) is 0 Å². The number of aliphatic hydroxyl groups excluding tert-OH is 2. The SMILES string of the molecule is CCCCCCCCCCCCCCCCCCCCCCO.CCCCCCCCCCCCCCCCO. The Morgan fingerprint density at radius 2 is 0.325 bits per heavy atom. The Hall–Kier alpha value is -0.0800. The smallest absolute Gasteiger partial charge is 0.0431 e. The molecular formula is C38H80O2. The predicted molar refractivity (Wildman–Crippen MR) is 182 cm³/mol. The third-order valence-corrected chi connectivity index (χ3v) is 8.52. The minimum Gasteiger partial charge on any atom is -0.396 e. The van der Waals surface area contributed by atoms with E-state index in [4.69, 9.17) is 10.2 Å². The molecule has 0 unspecified atom stereocenters. The number of aliphatic hydroxyl groups is 2. The predicted octanol–water partition coefficient (Wildman–Crippen LogP) is 13.3. The molecule has 0 aliphatic heterocycles. The highest BCUT2D eigenvalue weighted by atomic mass is 16.3. The van der Waals surface area contributed by atoms with Gasteiger partial charge in [-0.15, -0.1) is 0 Å². The number of rotatable bonds is 34. The van der Waals surface area contributed by atoms with Crippen LogP contribution in [0.1, 0.15) is 232 Å². The molecule has 0 aliphatic carbocycles. The topological polar surface area (TPSA) is 40.5 Å². The molecule has 0 amide bonds. The maximum atomic E-state index is 8.71. The highest BCUT2D eigenvalue weighted by Gasteiger charge is 1.96. The van der Waals surface area contributed by atoms with Crippen molar-refractivity contribution in [3.05, 3.63) is 0 Å². The van der Waals surface area contributed by atoms with Crippen molar-refractivity contribution in [1.29, 1.82) is 0 Å². The lowest BCUT2D eigenvalue weighted by Crippen LogP contribution is -1.85. The van der Waals surface area contributed by atoms with Crippen LogP contribution in [0.15, 0.2) is 0 Å². The van der Waals surface area contributed by atoms with Crippen LogP contribution in [0.5, 0.6) is 0 Å². The Morgan fingerprint density at radius 3 is 0.450 bits per heavy atom. The Kier molecular flexibility index (Phi) is 45.6. The summed E-state index contributed by atoms with van der Waals surface area (Å²) in [5.74, 6) is 0. The molecule has 0 aromatic rings. The highest BCUT2D eigenvalue weighted by Crippen LogP contribution is 2.15. The molecule has 0 aromatic carbocycles. The molecule has 2 nitrogen and oxygen atoms in total. The van der Waals surface area contributed by atoms with Crippen LogP contribution in [0.25, 0.3) is 0 Å². The zero-order valence-electron chi connectivity index (χ0n) is 28.4. The largest absolute Gasteiger partial charge is 0.396 e. The van der Waals surface area contributed by atoms with Crippen LogP contribution >= 0.6 is 0 Å². The van der Waals surface area contributed by atoms with Crippen LogP contribution < -0.4 is 0 Å². The average Bonchev–Trinajstić information content (AvgIpc) is 2.97. The molecule has 0 heterocycles. The molecule has 2 heteroatoms. The van der Waals surface area contributed by atoms with Crippen LogP contribution in [0.3, 0.4) is 0 Å². The molecule has 244 valence electrons. The summed E-state index contributed by atoms with van der Waals surface area (Å²) in [6.45, 7) is 5.32. The number of hydrogen-bond acceptors (Lipinski definition) is 2. The number of unbranched alkanes of at least 4 members (excludes halogenated alkanes) is 32. The molecule has 2 N–H and O–H groups in total. The van der Waals surface area contributed by atoms with Gasteiger partial charge in [0.1, 0.15) is 0 Å². The van der Waals surface area contributed by atoms with Crippen molar-refractivity contribution in [2.45, 2.75) is 232 Å². The van der Waals surface area contributed by atoms with Gasteiger partial charge in [0.15, 0.2) is 0 Å². The molecule has 0 spiro atoms. The summed E-state index contributed by atoms with van der Waals surface area (Å²) in [6.07, 6.45) is 47.3. The van der Waals surface area contributed by atoms with Gasteiger partial charge in [0.05, 0.1) is 0 Å². The van der Waals surface area contributed by atoms with Crippen LogP contribution in [-0.4, -0.2) is 23.4 Å². The summed E-state index contributed by atoms with van der Waals surface area (Å²) in [6, 6.07) is 0. The molecule has 40 heavy (non-hydrogen) atoms. The van der Waals surface area contributed by atoms with E-state index in [1.165, 1.54) is 205 Å². The maximum absolute atomic E-state index is 8.71. The van der Waals surface area contributed by atoms with Gasteiger partial charge in [-0.3, -0.25) is 0 Å². The van der Waals surface area contributed by atoms with E-state index >= 15 is 0 Å². The molecule has 0 atom stereocenters. The van der Waals surface area contributed by atoms with Gasteiger partial charge >= 0.3 is 0 Å². The molecule has 0 aromatic heterocycles. The molecule has 0 saturated heterocycles. The second-order valence-corrected chi connectivity index (χ2v) is 12.8. The second kappa shape index (κ2) is 43.4. The van der Waals surface area contributed by atoms with E-state index in [0.29, 0.717) is 13.2 Å². The summed E-state index contributed by atoms with van der Waals surface area (Å²) < 4.78 is 0. The van der Waals surface area contributed by atoms with Crippen molar-refractivity contribution in [2.75, 3.05) is 13.2 Å². The summed E-state index contributed by atoms with van der Waals surface area (Å²) in [5.41, 5.74) is 0. The van der Waals surface area contributed by atoms with Gasteiger partial charge in [-0.2, -0.15) is 0 Å². The molecule has 0 rings (SSSR count). The minimum absolute atomic E-state index is 0.373. The summed E-state index contributed by atoms with van der Waals surface area (Å²) in [5, 5.41) is 17.4. The number of hydrogen-bond donors (Lipinski definition) is 2. The quantitative estimate of drug-likeness (QED) is 0.0758. The summed E-state index contributed by atoms with van der Waals surface area (Å²) >= 11 is 0. The van der Waals surface area contributed by atoms with Gasteiger partial charge in [0.25, 0.3) is 0 Å². The van der Waals surface area contributed by atoms with E-state index in [-0.39, 0.29) is 0 Å². The maximum Gasteiger partial charge on any atom is 0.0431 e. The first-order valence-electron chi connectivity index (χ1n) is 19.0. The Morgan fingerprint density at radius 1 is 0.200 bits per heavy atom. The van der Waals surface area contributed by atoms with Gasteiger partial charge in [-0.05, 0) is 12.8 Å². The zero-order chi connectivity index (χ0) is 29.5. The van der Waals surface area contributed by atoms with E-state index in [0.717, 1.165) is 12.8 Å². The second-order valence-electron chi connectivity index (χ2n) is 12.8. The fourth-order valence-corrected chi connectivity index (χ4v) is 5.67. The zero-order valence-corrected chi connectivity index (χ0v) is 28.4. The fourth-order valence-electron chi connectivity index (χ4n) is 5.67. The molecule has 0 fully saturated rings. The molecule has 0 bridgehead atoms. The van der Waals surface area contributed by atoms with Crippen molar-refractivity contribution in [3.8, 4) is 0 Å². The average molecular weight is 569 g/mol. The lowest BCUT2D eigenvalue weighted by atomic mass is 10.0. The molecule has 0 radical (unpaired) electrons. The summed E-state index contributed by atoms with van der Waals surface area (Å²) in [7, 11) is 0. The van der Waals surface area contributed by atoms with Crippen molar-refractivity contribution >= 4 is 0 Å². The minimum atomic E-state index is 0.373. The highest BCUT2D eigenvalue weighted by molar-refractivity contribution is 4.51. The first-order valence-corrected chi connectivity index (χ1v) is 19.0. The van der Waals surface area contributed by atoms with E-state index in [1.54, 1.807) is 0 Å². The van der Waals surface area contributed by atoms with Gasteiger partial charge in [-0.25, -0.2) is 0 Å². The molecule has 0 aliphatic rings. The Bertz CT molecular complexity index is 350. The molecular weight excluding hydrogens is 488 g/mol. The van der Waals surface area contributed by atoms with E-state index < -0.39 is 0 Å². The monoisotopic (exact) mass is 569 g/mol. The Balaban J connectivity index is 0. The van der Waals surface area contributed by atoms with Gasteiger partial charge in [0, 0.05) is 13.2 Å². The lowest BCUT2D eigenvalue weighted by Gasteiger charge is -2.03. The normalized spacial score (nSPS) is 11.1. The van der Waals surface area contributed by atoms with E-state index in [9.17, 15) is 0 Å². The Labute approximate surface area is 255 Å². The van der Waals surface area contributed by atoms with Gasteiger partial charge in [-0.1, -0.05) is 219 Å². The fraction of sp³-hybridized carbons (Fsp3) is 1.00.